The van der Waals surface area contributed by atoms with E-state index in [9.17, 15) is 0 Å². The number of aryl methyl sites for hydroxylation is 2. The van der Waals surface area contributed by atoms with E-state index in [4.69, 9.17) is 20.2 Å². The standard InChI is InChI=1S/C28H28N6O2.H2S/c1-3-19-9-17(2)22-7-6-21(11-24(22)33-19)36-15-18-10-20(13-30-12-18)34-14-23(25-5-4-8-35-25)26-27(29)31-16-32-28(26)34;/h6-7,9-14,16,25H,3-5,8,15H2,1-2H3,(H2,29,31,32);1H2/t25-;/m0./s1. The molecule has 4 aromatic heterocycles. The van der Waals surface area contributed by atoms with Crippen LogP contribution in [0.25, 0.3) is 27.6 Å². The number of nitrogens with zero attached hydrogens (tertiary/aromatic N) is 5. The van der Waals surface area contributed by atoms with Crippen LogP contribution >= 0.6 is 13.5 Å². The van der Waals surface area contributed by atoms with Gasteiger partial charge in [-0.25, -0.2) is 9.97 Å². The minimum Gasteiger partial charge on any atom is -0.489 e. The van der Waals surface area contributed by atoms with Gasteiger partial charge < -0.3 is 15.2 Å². The molecule has 1 saturated heterocycles. The van der Waals surface area contributed by atoms with Gasteiger partial charge in [-0.15, -0.1) is 0 Å². The van der Waals surface area contributed by atoms with Crippen molar-refractivity contribution in [1.82, 2.24) is 24.5 Å². The molecule has 1 atom stereocenters. The lowest BCUT2D eigenvalue weighted by Crippen LogP contribution is -2.01. The predicted octanol–water partition coefficient (Wildman–Crippen LogP) is 5.36. The average Bonchev–Trinajstić information content (AvgIpc) is 3.56. The summed E-state index contributed by atoms with van der Waals surface area (Å²) in [6, 6.07) is 10.3. The highest BCUT2D eigenvalue weighted by molar-refractivity contribution is 7.59. The predicted molar refractivity (Wildman–Crippen MR) is 150 cm³/mol. The van der Waals surface area contributed by atoms with E-state index in [1.165, 1.54) is 11.9 Å². The monoisotopic (exact) mass is 514 g/mol. The maximum atomic E-state index is 6.26. The van der Waals surface area contributed by atoms with Crippen molar-refractivity contribution in [2.45, 2.75) is 45.8 Å². The van der Waals surface area contributed by atoms with Crippen LogP contribution < -0.4 is 10.5 Å². The first kappa shape index (κ1) is 25.0. The number of aromatic nitrogens is 5. The maximum Gasteiger partial charge on any atom is 0.150 e. The smallest absolute Gasteiger partial charge is 0.150 e. The molecule has 190 valence electrons. The Hall–Kier alpha value is -3.69. The summed E-state index contributed by atoms with van der Waals surface area (Å²) in [5.74, 6) is 1.24. The minimum absolute atomic E-state index is 0. The number of anilines is 1. The van der Waals surface area contributed by atoms with Crippen LogP contribution in [0.4, 0.5) is 5.82 Å². The van der Waals surface area contributed by atoms with Crippen LogP contribution in [0.1, 0.15) is 48.3 Å². The third-order valence-electron chi connectivity index (χ3n) is 6.79. The van der Waals surface area contributed by atoms with Gasteiger partial charge in [0.25, 0.3) is 0 Å². The number of rotatable bonds is 6. The molecule has 0 saturated carbocycles. The molecule has 37 heavy (non-hydrogen) atoms. The van der Waals surface area contributed by atoms with Gasteiger partial charge in [0, 0.05) is 47.3 Å². The summed E-state index contributed by atoms with van der Waals surface area (Å²) in [5.41, 5.74) is 13.1. The third-order valence-corrected chi connectivity index (χ3v) is 6.79. The van der Waals surface area contributed by atoms with E-state index >= 15 is 0 Å². The highest BCUT2D eigenvalue weighted by Gasteiger charge is 2.25. The van der Waals surface area contributed by atoms with Crippen LogP contribution in [0, 0.1) is 6.92 Å². The summed E-state index contributed by atoms with van der Waals surface area (Å²) < 4.78 is 14.1. The molecule has 1 fully saturated rings. The number of ether oxygens (including phenoxy) is 2. The van der Waals surface area contributed by atoms with E-state index in [2.05, 4.69) is 53.2 Å². The van der Waals surface area contributed by atoms with Crippen molar-refractivity contribution in [2.24, 2.45) is 0 Å². The minimum atomic E-state index is -0.0000934. The van der Waals surface area contributed by atoms with E-state index in [1.54, 1.807) is 0 Å². The van der Waals surface area contributed by atoms with Gasteiger partial charge in [-0.3, -0.25) is 14.5 Å². The molecular weight excluding hydrogens is 484 g/mol. The van der Waals surface area contributed by atoms with Crippen molar-refractivity contribution in [3.05, 3.63) is 77.6 Å². The Kier molecular flexibility index (Phi) is 6.99. The van der Waals surface area contributed by atoms with Gasteiger partial charge in [0.2, 0.25) is 0 Å². The Balaban J connectivity index is 0.00000280. The van der Waals surface area contributed by atoms with Crippen molar-refractivity contribution >= 4 is 41.2 Å². The summed E-state index contributed by atoms with van der Waals surface area (Å²) in [6.07, 6.45) is 10.1. The second kappa shape index (κ2) is 10.4. The average molecular weight is 515 g/mol. The lowest BCUT2D eigenvalue weighted by Gasteiger charge is -2.11. The largest absolute Gasteiger partial charge is 0.489 e. The highest BCUT2D eigenvalue weighted by Crippen LogP contribution is 2.37. The third kappa shape index (κ3) is 4.72. The molecule has 2 N–H and O–H groups in total. The summed E-state index contributed by atoms with van der Waals surface area (Å²) in [6.45, 7) is 5.37. The Labute approximate surface area is 222 Å². The first-order valence-electron chi connectivity index (χ1n) is 12.3. The molecule has 0 radical (unpaired) electrons. The quantitative estimate of drug-likeness (QED) is 0.325. The lowest BCUT2D eigenvalue weighted by atomic mass is 10.1. The Bertz CT molecular complexity index is 1580. The Morgan fingerprint density at radius 1 is 1.16 bits per heavy atom. The van der Waals surface area contributed by atoms with Crippen LogP contribution in [0.3, 0.4) is 0 Å². The van der Waals surface area contributed by atoms with Crippen molar-refractivity contribution in [3.8, 4) is 11.4 Å². The van der Waals surface area contributed by atoms with E-state index in [-0.39, 0.29) is 19.6 Å². The number of pyridine rings is 2. The van der Waals surface area contributed by atoms with Gasteiger partial charge >= 0.3 is 0 Å². The van der Waals surface area contributed by atoms with Gasteiger partial charge in [-0.2, -0.15) is 13.5 Å². The molecule has 8 nitrogen and oxygen atoms in total. The van der Waals surface area contributed by atoms with Crippen molar-refractivity contribution < 1.29 is 9.47 Å². The summed E-state index contributed by atoms with van der Waals surface area (Å²) >= 11 is 0. The SMILES string of the molecule is CCc1cc(C)c2ccc(OCc3cncc(-n4cc([C@@H]5CCCO5)c5c(N)ncnc54)c3)cc2n1.S. The topological polar surface area (TPSA) is 101 Å². The zero-order chi connectivity index (χ0) is 24.6. The van der Waals surface area contributed by atoms with Crippen LogP contribution in [-0.2, 0) is 17.8 Å². The first-order valence-corrected chi connectivity index (χ1v) is 12.3. The fourth-order valence-electron chi connectivity index (χ4n) is 4.95. The number of nitrogen functional groups attached to an aromatic ring is 1. The van der Waals surface area contributed by atoms with E-state index in [0.29, 0.717) is 12.4 Å². The molecule has 5 aromatic rings. The van der Waals surface area contributed by atoms with Crippen LogP contribution in [-0.4, -0.2) is 31.1 Å². The fraction of sp³-hybridized carbons (Fsp3) is 0.286. The summed E-state index contributed by atoms with van der Waals surface area (Å²) in [7, 11) is 0. The Morgan fingerprint density at radius 2 is 2.05 bits per heavy atom. The molecule has 1 aromatic carbocycles. The van der Waals surface area contributed by atoms with Crippen molar-refractivity contribution in [1.29, 1.82) is 0 Å². The van der Waals surface area contributed by atoms with Gasteiger partial charge in [0.05, 0.1) is 28.9 Å². The number of benzene rings is 1. The molecule has 9 heteroatoms. The molecule has 6 rings (SSSR count). The van der Waals surface area contributed by atoms with Gasteiger partial charge in [-0.05, 0) is 56.0 Å². The van der Waals surface area contributed by atoms with E-state index in [0.717, 1.165) is 76.1 Å². The second-order valence-corrected chi connectivity index (χ2v) is 9.22. The number of hydrogen-bond acceptors (Lipinski definition) is 7. The van der Waals surface area contributed by atoms with E-state index < -0.39 is 0 Å². The first-order chi connectivity index (χ1) is 17.6. The molecule has 0 unspecified atom stereocenters. The highest BCUT2D eigenvalue weighted by atomic mass is 32.1. The second-order valence-electron chi connectivity index (χ2n) is 9.22. The normalized spacial score (nSPS) is 15.2. The fourth-order valence-corrected chi connectivity index (χ4v) is 4.95. The Morgan fingerprint density at radius 3 is 2.86 bits per heavy atom. The molecule has 5 heterocycles. The van der Waals surface area contributed by atoms with Crippen LogP contribution in [0.15, 0.2) is 55.2 Å². The molecule has 0 bridgehead atoms. The summed E-state index contributed by atoms with van der Waals surface area (Å²) in [5, 5.41) is 1.99. The van der Waals surface area contributed by atoms with Gasteiger partial charge in [-0.1, -0.05) is 6.92 Å². The number of hydrogen-bond donors (Lipinski definition) is 1. The lowest BCUT2D eigenvalue weighted by molar-refractivity contribution is 0.113. The van der Waals surface area contributed by atoms with Crippen LogP contribution in [0.5, 0.6) is 5.75 Å². The van der Waals surface area contributed by atoms with Crippen LogP contribution in [0.2, 0.25) is 0 Å². The molecule has 1 aliphatic rings. The zero-order valence-corrected chi connectivity index (χ0v) is 21.9. The van der Waals surface area contributed by atoms with Crippen molar-refractivity contribution in [3.63, 3.8) is 0 Å². The maximum absolute atomic E-state index is 6.26. The number of fused-ring (bicyclic) bond motifs is 2. The van der Waals surface area contributed by atoms with E-state index in [1.807, 2.05) is 29.1 Å². The molecule has 1 aliphatic heterocycles. The van der Waals surface area contributed by atoms with Crippen molar-refractivity contribution in [2.75, 3.05) is 12.3 Å². The van der Waals surface area contributed by atoms with Gasteiger partial charge in [0.1, 0.15) is 30.1 Å². The molecule has 0 aliphatic carbocycles. The summed E-state index contributed by atoms with van der Waals surface area (Å²) in [4.78, 5) is 18.0. The molecule has 0 spiro atoms. The zero-order valence-electron chi connectivity index (χ0n) is 20.9. The molecular formula is C28H30N6O2S. The number of nitrogens with two attached hydrogens (primary N) is 1. The van der Waals surface area contributed by atoms with Gasteiger partial charge in [0.15, 0.2) is 0 Å². The molecule has 0 amide bonds.